The third kappa shape index (κ3) is 7.24. The van der Waals surface area contributed by atoms with Gasteiger partial charge in [0, 0.05) is 37.2 Å². The molecule has 6 amide bonds. The van der Waals surface area contributed by atoms with Crippen molar-refractivity contribution < 1.29 is 37.5 Å². The molecule has 0 radical (unpaired) electrons. The molecule has 0 aliphatic carbocycles. The van der Waals surface area contributed by atoms with E-state index in [-0.39, 0.29) is 47.9 Å². The van der Waals surface area contributed by atoms with Crippen molar-refractivity contribution in [2.45, 2.75) is 58.0 Å². The van der Waals surface area contributed by atoms with Crippen molar-refractivity contribution in [1.29, 1.82) is 0 Å². The molecule has 2 aromatic heterocycles. The van der Waals surface area contributed by atoms with Crippen LogP contribution < -0.4 is 21.3 Å². The number of aromatic nitrogens is 4. The number of fused-ring (bicyclic) bond motifs is 1. The van der Waals surface area contributed by atoms with Crippen molar-refractivity contribution in [2.24, 2.45) is 0 Å². The first kappa shape index (κ1) is 35.4. The van der Waals surface area contributed by atoms with Crippen molar-refractivity contribution in [3.05, 3.63) is 83.2 Å². The van der Waals surface area contributed by atoms with E-state index in [2.05, 4.69) is 36.4 Å². The molecule has 4 aromatic rings. The molecule has 1 unspecified atom stereocenters. The number of carbonyl (C=O) groups excluding carboxylic acids is 6. The fourth-order valence-electron chi connectivity index (χ4n) is 5.94. The van der Waals surface area contributed by atoms with Crippen LogP contribution in [0.3, 0.4) is 0 Å². The van der Waals surface area contributed by atoms with Crippen LogP contribution in [0.15, 0.2) is 54.9 Å². The number of anilines is 3. The lowest BCUT2D eigenvalue weighted by molar-refractivity contribution is -0.136. The van der Waals surface area contributed by atoms with E-state index < -0.39 is 58.7 Å². The van der Waals surface area contributed by atoms with E-state index in [9.17, 15) is 37.5 Å². The summed E-state index contributed by atoms with van der Waals surface area (Å²) in [7, 11) is 0. The fourth-order valence-corrected chi connectivity index (χ4v) is 5.94. The number of hydrogen-bond acceptors (Lipinski definition) is 10. The molecule has 2 aliphatic rings. The predicted molar refractivity (Wildman–Crippen MR) is 182 cm³/mol. The first-order chi connectivity index (χ1) is 24.9. The molecule has 1 saturated heterocycles. The zero-order valence-electron chi connectivity index (χ0n) is 28.0. The lowest BCUT2D eigenvalue weighted by Gasteiger charge is -2.27. The maximum absolute atomic E-state index is 14.7. The second-order valence-corrected chi connectivity index (χ2v) is 12.4. The molecular formula is C35H33F2N9O6. The number of rotatable bonds is 12. The van der Waals surface area contributed by atoms with Crippen LogP contribution in [0, 0.1) is 11.6 Å². The van der Waals surface area contributed by atoms with Gasteiger partial charge in [0.1, 0.15) is 35.5 Å². The Bertz CT molecular complexity index is 2120. The van der Waals surface area contributed by atoms with Gasteiger partial charge in [-0.05, 0) is 63.4 Å². The van der Waals surface area contributed by atoms with Crippen LogP contribution in [0.1, 0.15) is 83.1 Å². The Balaban J connectivity index is 1.02. The number of piperidine rings is 1. The van der Waals surface area contributed by atoms with Gasteiger partial charge in [-0.25, -0.2) is 13.8 Å². The number of nitrogens with zero attached hydrogens (tertiary/aromatic N) is 5. The van der Waals surface area contributed by atoms with E-state index in [1.54, 1.807) is 35.2 Å². The summed E-state index contributed by atoms with van der Waals surface area (Å²) in [6, 6.07) is 9.86. The summed E-state index contributed by atoms with van der Waals surface area (Å²) in [5, 5.41) is 18.1. The molecule has 6 rings (SSSR count). The third-order valence-corrected chi connectivity index (χ3v) is 8.54. The molecule has 268 valence electrons. The molecule has 4 heterocycles. The van der Waals surface area contributed by atoms with E-state index in [4.69, 9.17) is 0 Å². The number of halogens is 2. The summed E-state index contributed by atoms with van der Waals surface area (Å²) >= 11 is 0. The van der Waals surface area contributed by atoms with Gasteiger partial charge in [-0.1, -0.05) is 12.1 Å². The highest BCUT2D eigenvalue weighted by Crippen LogP contribution is 2.32. The Morgan fingerprint density at radius 3 is 2.52 bits per heavy atom. The molecule has 0 saturated carbocycles. The number of hydrogen-bond donors (Lipinski definition) is 4. The summed E-state index contributed by atoms with van der Waals surface area (Å²) in [6.07, 6.45) is 2.30. The summed E-state index contributed by atoms with van der Waals surface area (Å²) in [5.41, 5.74) is 0.128. The van der Waals surface area contributed by atoms with E-state index in [1.807, 2.05) is 13.8 Å². The number of unbranched alkanes of at least 4 members (excludes halogenated alkanes) is 1. The molecule has 0 bridgehead atoms. The normalized spacial score (nSPS) is 15.5. The first-order valence-corrected chi connectivity index (χ1v) is 16.5. The Morgan fingerprint density at radius 1 is 0.962 bits per heavy atom. The fraction of sp³-hybridized carbons (Fsp3) is 0.286. The topological polar surface area (TPSA) is 197 Å². The number of carbonyl (C=O) groups is 6. The highest BCUT2D eigenvalue weighted by molar-refractivity contribution is 6.25. The van der Waals surface area contributed by atoms with Crippen molar-refractivity contribution in [1.82, 2.24) is 30.0 Å². The van der Waals surface area contributed by atoms with E-state index >= 15 is 0 Å². The summed E-state index contributed by atoms with van der Waals surface area (Å²) < 4.78 is 31.2. The number of nitrogens with one attached hydrogen (secondary N) is 4. The standard InChI is InChI=1S/C35H33F2N9O6/c1-18(2)45-17-39-44-31(45)24-9-6-10-27(40-24)42-32(49)20-15-25(22(37)16-21(20)36)41-28(47)11-3-4-14-38-23-8-5-7-19-30(23)35(52)46(34(19)51)26-12-13-29(48)43-33(26)50/h5-10,15-18,26,38H,3-4,11-14H2,1-2H3,(H,41,47)(H,40,42,49)(H,43,48,50). The van der Waals surface area contributed by atoms with Gasteiger partial charge < -0.3 is 20.5 Å². The molecule has 17 heteroatoms. The van der Waals surface area contributed by atoms with Crippen LogP contribution in [0.2, 0.25) is 0 Å². The van der Waals surface area contributed by atoms with E-state index in [0.717, 1.165) is 11.0 Å². The summed E-state index contributed by atoms with van der Waals surface area (Å²) in [6.45, 7) is 4.18. The van der Waals surface area contributed by atoms with Crippen LogP contribution >= 0.6 is 0 Å². The van der Waals surface area contributed by atoms with Gasteiger partial charge in [-0.15, -0.1) is 10.2 Å². The van der Waals surface area contributed by atoms with Crippen LogP contribution in [0.25, 0.3) is 11.5 Å². The second-order valence-electron chi connectivity index (χ2n) is 12.4. The summed E-state index contributed by atoms with van der Waals surface area (Å²) in [4.78, 5) is 81.2. The van der Waals surface area contributed by atoms with Crippen molar-refractivity contribution in [3.63, 3.8) is 0 Å². The lowest BCUT2D eigenvalue weighted by atomic mass is 10.0. The minimum atomic E-state index is -1.14. The van der Waals surface area contributed by atoms with E-state index in [0.29, 0.717) is 42.7 Å². The largest absolute Gasteiger partial charge is 0.384 e. The van der Waals surface area contributed by atoms with Gasteiger partial charge in [0.2, 0.25) is 17.7 Å². The SMILES string of the molecule is CC(C)n1cnnc1-c1cccc(NC(=O)c2cc(NC(=O)CCCCNc3cccc4c3C(=O)N(C3CCC(=O)NC3=O)C4=O)c(F)cc2F)n1. The zero-order chi connectivity index (χ0) is 37.1. The Labute approximate surface area is 295 Å². The molecule has 52 heavy (non-hydrogen) atoms. The quantitative estimate of drug-likeness (QED) is 0.123. The first-order valence-electron chi connectivity index (χ1n) is 16.5. The van der Waals surface area contributed by atoms with Crippen molar-refractivity contribution in [3.8, 4) is 11.5 Å². The van der Waals surface area contributed by atoms with Crippen LogP contribution in [-0.4, -0.2) is 72.7 Å². The number of benzene rings is 2. The Kier molecular flexibility index (Phi) is 10.1. The van der Waals surface area contributed by atoms with Crippen LogP contribution in [-0.2, 0) is 14.4 Å². The van der Waals surface area contributed by atoms with Crippen molar-refractivity contribution >= 4 is 52.6 Å². The minimum Gasteiger partial charge on any atom is -0.384 e. The number of pyridine rings is 1. The maximum atomic E-state index is 14.7. The molecule has 15 nitrogen and oxygen atoms in total. The highest BCUT2D eigenvalue weighted by Gasteiger charge is 2.45. The predicted octanol–water partition coefficient (Wildman–Crippen LogP) is 4.07. The molecule has 1 fully saturated rings. The molecule has 4 N–H and O–H groups in total. The third-order valence-electron chi connectivity index (χ3n) is 8.54. The monoisotopic (exact) mass is 713 g/mol. The summed E-state index contributed by atoms with van der Waals surface area (Å²) in [5.74, 6) is -5.60. The Morgan fingerprint density at radius 2 is 1.75 bits per heavy atom. The van der Waals surface area contributed by atoms with Gasteiger partial charge >= 0.3 is 0 Å². The highest BCUT2D eigenvalue weighted by atomic mass is 19.1. The lowest BCUT2D eigenvalue weighted by Crippen LogP contribution is -2.54. The van der Waals surface area contributed by atoms with Gasteiger partial charge in [-0.2, -0.15) is 0 Å². The smallest absolute Gasteiger partial charge is 0.264 e. The zero-order valence-corrected chi connectivity index (χ0v) is 28.0. The van der Waals surface area contributed by atoms with Gasteiger partial charge in [0.15, 0.2) is 5.82 Å². The van der Waals surface area contributed by atoms with Crippen LogP contribution in [0.5, 0.6) is 0 Å². The van der Waals surface area contributed by atoms with Crippen molar-refractivity contribution in [2.75, 3.05) is 22.5 Å². The number of amides is 6. The number of imide groups is 2. The Hall–Kier alpha value is -6.39. The maximum Gasteiger partial charge on any atom is 0.264 e. The molecular weight excluding hydrogens is 680 g/mol. The van der Waals surface area contributed by atoms with Crippen LogP contribution in [0.4, 0.5) is 26.0 Å². The minimum absolute atomic E-state index is 0.00515. The second kappa shape index (κ2) is 14.8. The molecule has 2 aliphatic heterocycles. The van der Waals surface area contributed by atoms with Gasteiger partial charge in [-0.3, -0.25) is 39.0 Å². The molecule has 1 atom stereocenters. The average Bonchev–Trinajstić information content (AvgIpc) is 3.70. The van der Waals surface area contributed by atoms with Gasteiger partial charge in [0.05, 0.1) is 22.4 Å². The average molecular weight is 714 g/mol. The molecule has 0 spiro atoms. The van der Waals surface area contributed by atoms with Gasteiger partial charge in [0.25, 0.3) is 17.7 Å². The molecule has 2 aromatic carbocycles. The van der Waals surface area contributed by atoms with E-state index in [1.165, 1.54) is 12.1 Å².